The molecule has 0 bridgehead atoms. The normalized spacial score (nSPS) is 13.1. The summed E-state index contributed by atoms with van der Waals surface area (Å²) >= 11 is 0. The fourth-order valence-corrected chi connectivity index (χ4v) is 1.81. The molecule has 0 aliphatic heterocycles. The summed E-state index contributed by atoms with van der Waals surface area (Å²) in [4.78, 5) is 2.14. The fraction of sp³-hybridized carbons (Fsp3) is 0.538. The predicted molar refractivity (Wildman–Crippen MR) is 67.1 cm³/mol. The minimum absolute atomic E-state index is 0.182. The van der Waals surface area contributed by atoms with Crippen molar-refractivity contribution in [2.24, 2.45) is 5.73 Å². The van der Waals surface area contributed by atoms with E-state index < -0.39 is 0 Å². The topological polar surface area (TPSA) is 38.5 Å². The van der Waals surface area contributed by atoms with Gasteiger partial charge in [-0.15, -0.1) is 0 Å². The second-order valence-corrected chi connectivity index (χ2v) is 4.36. The van der Waals surface area contributed by atoms with Crippen molar-refractivity contribution in [1.82, 2.24) is 4.90 Å². The van der Waals surface area contributed by atoms with E-state index in [4.69, 9.17) is 10.5 Å². The quantitative estimate of drug-likeness (QED) is 0.823. The van der Waals surface area contributed by atoms with Gasteiger partial charge in [0, 0.05) is 26.7 Å². The van der Waals surface area contributed by atoms with Crippen LogP contribution in [0.25, 0.3) is 0 Å². The Morgan fingerprint density at radius 2 is 2.12 bits per heavy atom. The Morgan fingerprint density at radius 3 is 2.71 bits per heavy atom. The van der Waals surface area contributed by atoms with Gasteiger partial charge in [0.1, 0.15) is 5.82 Å². The van der Waals surface area contributed by atoms with E-state index in [2.05, 4.69) is 4.90 Å². The molecule has 1 aromatic carbocycles. The Labute approximate surface area is 102 Å². The van der Waals surface area contributed by atoms with Crippen LogP contribution >= 0.6 is 0 Å². The Balaban J connectivity index is 2.67. The Kier molecular flexibility index (Phi) is 5.55. The third-order valence-electron chi connectivity index (χ3n) is 2.80. The van der Waals surface area contributed by atoms with Crippen LogP contribution in [-0.4, -0.2) is 31.7 Å². The molecular formula is C13H21FN2O. The summed E-state index contributed by atoms with van der Waals surface area (Å²) in [5, 5.41) is 0. The van der Waals surface area contributed by atoms with Crippen molar-refractivity contribution in [3.8, 4) is 0 Å². The Hall–Kier alpha value is -0.970. The summed E-state index contributed by atoms with van der Waals surface area (Å²) in [6, 6.07) is 4.77. The van der Waals surface area contributed by atoms with E-state index >= 15 is 0 Å². The minimum Gasteiger partial charge on any atom is -0.380 e. The van der Waals surface area contributed by atoms with Gasteiger partial charge < -0.3 is 10.5 Å². The van der Waals surface area contributed by atoms with Gasteiger partial charge in [0.05, 0.1) is 6.10 Å². The second kappa shape index (κ2) is 6.69. The van der Waals surface area contributed by atoms with Crippen molar-refractivity contribution in [2.45, 2.75) is 26.1 Å². The van der Waals surface area contributed by atoms with E-state index in [1.807, 2.05) is 14.0 Å². The largest absolute Gasteiger partial charge is 0.380 e. The average Bonchev–Trinajstić information content (AvgIpc) is 2.31. The molecule has 2 N–H and O–H groups in total. The SMILES string of the molecule is COC(C)CN(C)Cc1ccc(F)cc1CN. The van der Waals surface area contributed by atoms with Gasteiger partial charge in [0.15, 0.2) is 0 Å². The van der Waals surface area contributed by atoms with Gasteiger partial charge in [0.2, 0.25) is 0 Å². The van der Waals surface area contributed by atoms with Crippen LogP contribution in [0.15, 0.2) is 18.2 Å². The van der Waals surface area contributed by atoms with E-state index in [0.717, 1.165) is 24.2 Å². The molecule has 0 fully saturated rings. The number of halogens is 1. The van der Waals surface area contributed by atoms with Crippen molar-refractivity contribution in [2.75, 3.05) is 20.7 Å². The number of ether oxygens (including phenoxy) is 1. The molecule has 3 nitrogen and oxygen atoms in total. The van der Waals surface area contributed by atoms with Crippen LogP contribution < -0.4 is 5.73 Å². The number of hydrogen-bond donors (Lipinski definition) is 1. The van der Waals surface area contributed by atoms with Crippen LogP contribution in [0.3, 0.4) is 0 Å². The van der Waals surface area contributed by atoms with E-state index in [0.29, 0.717) is 6.54 Å². The van der Waals surface area contributed by atoms with E-state index in [-0.39, 0.29) is 11.9 Å². The van der Waals surface area contributed by atoms with Crippen molar-refractivity contribution in [1.29, 1.82) is 0 Å². The van der Waals surface area contributed by atoms with Gasteiger partial charge in [0.25, 0.3) is 0 Å². The summed E-state index contributed by atoms with van der Waals surface area (Å²) in [6.45, 7) is 3.96. The van der Waals surface area contributed by atoms with Gasteiger partial charge in [-0.05, 0) is 37.2 Å². The van der Waals surface area contributed by atoms with Gasteiger partial charge in [-0.25, -0.2) is 4.39 Å². The van der Waals surface area contributed by atoms with Crippen molar-refractivity contribution in [3.05, 3.63) is 35.1 Å². The molecule has 1 atom stereocenters. The number of likely N-dealkylation sites (N-methyl/N-ethyl adjacent to an activating group) is 1. The summed E-state index contributed by atoms with van der Waals surface area (Å²) < 4.78 is 18.3. The molecule has 0 amide bonds. The first-order valence-corrected chi connectivity index (χ1v) is 5.75. The predicted octanol–water partition coefficient (Wildman–Crippen LogP) is 1.75. The summed E-state index contributed by atoms with van der Waals surface area (Å²) in [5.41, 5.74) is 7.54. The smallest absolute Gasteiger partial charge is 0.123 e. The van der Waals surface area contributed by atoms with Gasteiger partial charge in [-0.1, -0.05) is 6.07 Å². The molecule has 0 heterocycles. The monoisotopic (exact) mass is 240 g/mol. The molecule has 0 radical (unpaired) electrons. The number of benzene rings is 1. The first-order valence-electron chi connectivity index (χ1n) is 5.75. The molecule has 0 spiro atoms. The third kappa shape index (κ3) is 4.42. The molecule has 0 aliphatic rings. The highest BCUT2D eigenvalue weighted by atomic mass is 19.1. The lowest BCUT2D eigenvalue weighted by Gasteiger charge is -2.21. The molecule has 0 saturated carbocycles. The molecule has 1 rings (SSSR count). The molecule has 4 heteroatoms. The zero-order valence-corrected chi connectivity index (χ0v) is 10.7. The molecule has 0 saturated heterocycles. The first-order chi connectivity index (χ1) is 8.06. The van der Waals surface area contributed by atoms with E-state index in [1.165, 1.54) is 12.1 Å². The Bertz CT molecular complexity index is 357. The highest BCUT2D eigenvalue weighted by Crippen LogP contribution is 2.13. The third-order valence-corrected chi connectivity index (χ3v) is 2.80. The lowest BCUT2D eigenvalue weighted by molar-refractivity contribution is 0.0836. The maximum Gasteiger partial charge on any atom is 0.123 e. The number of rotatable bonds is 6. The lowest BCUT2D eigenvalue weighted by atomic mass is 10.1. The maximum atomic E-state index is 13.0. The first kappa shape index (κ1) is 14.1. The van der Waals surface area contributed by atoms with Crippen LogP contribution in [0, 0.1) is 5.82 Å². The lowest BCUT2D eigenvalue weighted by Crippen LogP contribution is -2.28. The molecule has 96 valence electrons. The van der Waals surface area contributed by atoms with Gasteiger partial charge in [-0.2, -0.15) is 0 Å². The number of methoxy groups -OCH3 is 1. The number of hydrogen-bond acceptors (Lipinski definition) is 3. The van der Waals surface area contributed by atoms with Crippen LogP contribution in [0.5, 0.6) is 0 Å². The molecule has 1 aromatic rings. The average molecular weight is 240 g/mol. The van der Waals surface area contributed by atoms with Crippen molar-refractivity contribution >= 4 is 0 Å². The zero-order valence-electron chi connectivity index (χ0n) is 10.7. The second-order valence-electron chi connectivity index (χ2n) is 4.36. The van der Waals surface area contributed by atoms with Crippen molar-refractivity contribution < 1.29 is 9.13 Å². The van der Waals surface area contributed by atoms with Crippen molar-refractivity contribution in [3.63, 3.8) is 0 Å². The molecule has 17 heavy (non-hydrogen) atoms. The summed E-state index contributed by atoms with van der Waals surface area (Å²) in [6.07, 6.45) is 0.182. The molecule has 0 aromatic heterocycles. The van der Waals surface area contributed by atoms with Gasteiger partial charge >= 0.3 is 0 Å². The number of nitrogens with two attached hydrogens (primary N) is 1. The van der Waals surface area contributed by atoms with Crippen LogP contribution in [0.1, 0.15) is 18.1 Å². The summed E-state index contributed by atoms with van der Waals surface area (Å²) in [5.74, 6) is -0.234. The fourth-order valence-electron chi connectivity index (χ4n) is 1.81. The zero-order chi connectivity index (χ0) is 12.8. The minimum atomic E-state index is -0.234. The number of nitrogens with zero attached hydrogens (tertiary/aromatic N) is 1. The van der Waals surface area contributed by atoms with Crippen LogP contribution in [0.2, 0.25) is 0 Å². The van der Waals surface area contributed by atoms with Crippen LogP contribution in [0.4, 0.5) is 4.39 Å². The molecule has 1 unspecified atom stereocenters. The van der Waals surface area contributed by atoms with E-state index in [1.54, 1.807) is 13.2 Å². The highest BCUT2D eigenvalue weighted by molar-refractivity contribution is 5.27. The van der Waals surface area contributed by atoms with E-state index in [9.17, 15) is 4.39 Å². The van der Waals surface area contributed by atoms with Crippen LogP contribution in [-0.2, 0) is 17.8 Å². The summed E-state index contributed by atoms with van der Waals surface area (Å²) in [7, 11) is 3.71. The Morgan fingerprint density at radius 1 is 1.41 bits per heavy atom. The maximum absolute atomic E-state index is 13.0. The standard InChI is InChI=1S/C13H21FN2O/c1-10(17-3)8-16(2)9-11-4-5-13(14)6-12(11)7-15/h4-6,10H,7-9,15H2,1-3H3. The van der Waals surface area contributed by atoms with Gasteiger partial charge in [-0.3, -0.25) is 4.90 Å². The molecular weight excluding hydrogens is 219 g/mol. The molecule has 0 aliphatic carbocycles. The highest BCUT2D eigenvalue weighted by Gasteiger charge is 2.09.